The third kappa shape index (κ3) is 3.58. The number of aromatic nitrogens is 1. The average molecular weight is 325 g/mol. The van der Waals surface area contributed by atoms with Crippen molar-refractivity contribution in [2.24, 2.45) is 0 Å². The number of rotatable bonds is 3. The van der Waals surface area contributed by atoms with Crippen LogP contribution in [0.25, 0.3) is 10.2 Å². The molecule has 1 aliphatic rings. The van der Waals surface area contributed by atoms with Gasteiger partial charge in [0.15, 0.2) is 9.84 Å². The molecular weight excluding hydrogens is 310 g/mol. The first-order valence-electron chi connectivity index (χ1n) is 6.59. The highest BCUT2D eigenvalue weighted by molar-refractivity contribution is 7.91. The number of sulfone groups is 1. The maximum Gasteiger partial charge on any atom is 0.225 e. The summed E-state index contributed by atoms with van der Waals surface area (Å²) in [6, 6.07) is 5.21. The van der Waals surface area contributed by atoms with Crippen molar-refractivity contribution >= 4 is 43.0 Å². The number of amides is 1. The normalized spacial score (nSPS) is 21.2. The molecule has 2 aromatic rings. The summed E-state index contributed by atoms with van der Waals surface area (Å²) >= 11 is 1.51. The number of fused-ring (bicyclic) bond motifs is 1. The van der Waals surface area contributed by atoms with Gasteiger partial charge in [0, 0.05) is 24.7 Å². The molecule has 0 saturated carbocycles. The summed E-state index contributed by atoms with van der Waals surface area (Å²) in [6.07, 6.45) is 0.153. The summed E-state index contributed by atoms with van der Waals surface area (Å²) in [5.74, 6) is -0.0185. The van der Waals surface area contributed by atoms with E-state index in [1.807, 2.05) is 12.1 Å². The summed E-state index contributed by atoms with van der Waals surface area (Å²) in [6.45, 7) is 0.410. The van der Waals surface area contributed by atoms with Gasteiger partial charge in [0.05, 0.1) is 27.2 Å². The highest BCUT2D eigenvalue weighted by atomic mass is 32.2. The highest BCUT2D eigenvalue weighted by Gasteiger charge is 2.25. The number of nitrogens with zero attached hydrogens (tertiary/aromatic N) is 1. The number of hydrogen-bond acceptors (Lipinski definition) is 6. The van der Waals surface area contributed by atoms with Crippen molar-refractivity contribution in [3.63, 3.8) is 0 Å². The van der Waals surface area contributed by atoms with Crippen molar-refractivity contribution in [2.45, 2.75) is 12.5 Å². The van der Waals surface area contributed by atoms with Gasteiger partial charge < -0.3 is 10.6 Å². The van der Waals surface area contributed by atoms with Crippen molar-refractivity contribution in [1.29, 1.82) is 0 Å². The fourth-order valence-electron chi connectivity index (χ4n) is 2.37. The molecule has 2 heterocycles. The third-order valence-electron chi connectivity index (χ3n) is 3.35. The van der Waals surface area contributed by atoms with Gasteiger partial charge in [-0.15, -0.1) is 11.3 Å². The van der Waals surface area contributed by atoms with Crippen LogP contribution in [0, 0.1) is 0 Å². The van der Waals surface area contributed by atoms with Gasteiger partial charge in [-0.2, -0.15) is 0 Å². The molecule has 1 saturated heterocycles. The molecule has 0 bridgehead atoms. The predicted octanol–water partition coefficient (Wildman–Crippen LogP) is 1.01. The molecule has 21 heavy (non-hydrogen) atoms. The first-order chi connectivity index (χ1) is 10.0. The van der Waals surface area contributed by atoms with Gasteiger partial charge in [-0.25, -0.2) is 13.4 Å². The first-order valence-corrected chi connectivity index (χ1v) is 9.29. The molecule has 3 rings (SSSR count). The second-order valence-electron chi connectivity index (χ2n) is 5.05. The second kappa shape index (κ2) is 5.70. The number of thiazole rings is 1. The molecule has 1 aliphatic heterocycles. The molecule has 2 N–H and O–H groups in total. The minimum absolute atomic E-state index is 0.0221. The topological polar surface area (TPSA) is 88.2 Å². The fourth-order valence-corrected chi connectivity index (χ4v) is 4.53. The van der Waals surface area contributed by atoms with Gasteiger partial charge in [-0.3, -0.25) is 4.79 Å². The Morgan fingerprint density at radius 3 is 3.14 bits per heavy atom. The maximum absolute atomic E-state index is 12.0. The minimum Gasteiger partial charge on any atom is -0.326 e. The third-order valence-corrected chi connectivity index (χ3v) is 5.88. The maximum atomic E-state index is 12.0. The zero-order valence-corrected chi connectivity index (χ0v) is 12.8. The SMILES string of the molecule is O=C(CC1CS(=O)(=O)CCN1)Nc1ccc2ncsc2c1. The van der Waals surface area contributed by atoms with E-state index >= 15 is 0 Å². The second-order valence-corrected chi connectivity index (χ2v) is 8.17. The number of carbonyl (C=O) groups is 1. The van der Waals surface area contributed by atoms with Crippen molar-refractivity contribution in [1.82, 2.24) is 10.3 Å². The lowest BCUT2D eigenvalue weighted by atomic mass is 10.2. The molecule has 1 aromatic heterocycles. The Morgan fingerprint density at radius 1 is 1.48 bits per heavy atom. The van der Waals surface area contributed by atoms with Gasteiger partial charge in [0.2, 0.25) is 5.91 Å². The van der Waals surface area contributed by atoms with Crippen LogP contribution in [0.1, 0.15) is 6.42 Å². The van der Waals surface area contributed by atoms with Crippen LogP contribution in [0.3, 0.4) is 0 Å². The molecule has 1 amide bonds. The minimum atomic E-state index is -3.02. The number of benzene rings is 1. The van der Waals surface area contributed by atoms with Crippen LogP contribution in [-0.2, 0) is 14.6 Å². The molecule has 1 fully saturated rings. The first kappa shape index (κ1) is 14.4. The zero-order chi connectivity index (χ0) is 14.9. The van der Waals surface area contributed by atoms with E-state index in [-0.39, 0.29) is 29.9 Å². The van der Waals surface area contributed by atoms with E-state index in [1.54, 1.807) is 11.6 Å². The molecule has 0 aliphatic carbocycles. The van der Waals surface area contributed by atoms with Gasteiger partial charge in [-0.1, -0.05) is 0 Å². The highest BCUT2D eigenvalue weighted by Crippen LogP contribution is 2.22. The van der Waals surface area contributed by atoms with Crippen molar-refractivity contribution in [3.8, 4) is 0 Å². The lowest BCUT2D eigenvalue weighted by molar-refractivity contribution is -0.116. The Labute approximate surface area is 126 Å². The number of carbonyl (C=O) groups excluding carboxylic acids is 1. The zero-order valence-electron chi connectivity index (χ0n) is 11.2. The van der Waals surface area contributed by atoms with Gasteiger partial charge >= 0.3 is 0 Å². The lowest BCUT2D eigenvalue weighted by Crippen LogP contribution is -2.46. The standard InChI is InChI=1S/C13H15N3O3S2/c17-13(6-10-7-21(18,19)4-3-14-10)16-9-1-2-11-12(5-9)20-8-15-11/h1-2,5,8,10,14H,3-4,6-7H2,(H,16,17). The molecular formula is C13H15N3O3S2. The van der Waals surface area contributed by atoms with E-state index in [2.05, 4.69) is 15.6 Å². The molecule has 112 valence electrons. The summed E-state index contributed by atoms with van der Waals surface area (Å²) in [5.41, 5.74) is 3.36. The van der Waals surface area contributed by atoms with Gasteiger partial charge in [0.1, 0.15) is 0 Å². The summed E-state index contributed by atoms with van der Waals surface area (Å²) < 4.78 is 24.1. The monoisotopic (exact) mass is 325 g/mol. The van der Waals surface area contributed by atoms with Crippen molar-refractivity contribution in [3.05, 3.63) is 23.7 Å². The van der Waals surface area contributed by atoms with Crippen LogP contribution in [0.4, 0.5) is 5.69 Å². The molecule has 1 unspecified atom stereocenters. The molecule has 6 nitrogen and oxygen atoms in total. The fraction of sp³-hybridized carbons (Fsp3) is 0.385. The number of anilines is 1. The lowest BCUT2D eigenvalue weighted by Gasteiger charge is -2.23. The van der Waals surface area contributed by atoms with Crippen LogP contribution in [0.15, 0.2) is 23.7 Å². The Morgan fingerprint density at radius 2 is 2.33 bits per heavy atom. The average Bonchev–Trinajstić information content (AvgIpc) is 2.84. The molecule has 1 atom stereocenters. The molecule has 0 radical (unpaired) electrons. The largest absolute Gasteiger partial charge is 0.326 e. The van der Waals surface area contributed by atoms with Crippen molar-refractivity contribution < 1.29 is 13.2 Å². The van der Waals surface area contributed by atoms with Gasteiger partial charge in [0.25, 0.3) is 0 Å². The van der Waals surface area contributed by atoms with E-state index in [0.29, 0.717) is 12.2 Å². The Bertz CT molecular complexity index is 770. The Hall–Kier alpha value is -1.51. The summed E-state index contributed by atoms with van der Waals surface area (Å²) in [4.78, 5) is 16.2. The van der Waals surface area contributed by atoms with Crippen LogP contribution in [-0.4, -0.2) is 43.4 Å². The van der Waals surface area contributed by atoms with Gasteiger partial charge in [-0.05, 0) is 18.2 Å². The van der Waals surface area contributed by atoms with Crippen LogP contribution >= 0.6 is 11.3 Å². The van der Waals surface area contributed by atoms with Crippen molar-refractivity contribution in [2.75, 3.05) is 23.4 Å². The predicted molar refractivity (Wildman–Crippen MR) is 83.3 cm³/mol. The molecule has 0 spiro atoms. The Balaban J connectivity index is 1.63. The summed E-state index contributed by atoms with van der Waals surface area (Å²) in [7, 11) is -3.02. The quantitative estimate of drug-likeness (QED) is 0.879. The van der Waals surface area contributed by atoms with Crippen LogP contribution in [0.5, 0.6) is 0 Å². The van der Waals surface area contributed by atoms with E-state index in [4.69, 9.17) is 0 Å². The van der Waals surface area contributed by atoms with E-state index in [0.717, 1.165) is 10.2 Å². The van der Waals surface area contributed by atoms with E-state index in [9.17, 15) is 13.2 Å². The molecule has 8 heteroatoms. The smallest absolute Gasteiger partial charge is 0.225 e. The number of hydrogen-bond donors (Lipinski definition) is 2. The molecule has 1 aromatic carbocycles. The van der Waals surface area contributed by atoms with E-state index in [1.165, 1.54) is 11.3 Å². The van der Waals surface area contributed by atoms with Crippen LogP contribution in [0.2, 0.25) is 0 Å². The van der Waals surface area contributed by atoms with E-state index < -0.39 is 9.84 Å². The Kier molecular flexibility index (Phi) is 3.92. The summed E-state index contributed by atoms with van der Waals surface area (Å²) in [5, 5.41) is 5.87. The number of nitrogens with one attached hydrogen (secondary N) is 2. The van der Waals surface area contributed by atoms with Crippen LogP contribution < -0.4 is 10.6 Å².